The van der Waals surface area contributed by atoms with E-state index >= 15 is 0 Å². The van der Waals surface area contributed by atoms with Gasteiger partial charge in [0.25, 0.3) is 0 Å². The van der Waals surface area contributed by atoms with Crippen LogP contribution in [0.15, 0.2) is 12.7 Å². The molecule has 0 aliphatic rings. The molecule has 0 saturated heterocycles. The van der Waals surface area contributed by atoms with Crippen LogP contribution in [0.1, 0.15) is 84.5 Å². The fraction of sp³-hybridized carbons (Fsp3) is 0.833. The number of amides is 1. The van der Waals surface area contributed by atoms with Crippen LogP contribution >= 0.6 is 0 Å². The van der Waals surface area contributed by atoms with Gasteiger partial charge in [-0.15, -0.1) is 0 Å². The van der Waals surface area contributed by atoms with E-state index in [1.807, 2.05) is 0 Å². The first-order chi connectivity index (χ1) is 9.66. The highest BCUT2D eigenvalue weighted by Crippen LogP contribution is 2.13. The van der Waals surface area contributed by atoms with Crippen molar-refractivity contribution in [2.45, 2.75) is 84.5 Å². The standard InChI is InChI=1S/C18H35NO/c1-4-18(20)19-16-14-12-10-8-6-5-7-9-11-13-15-17(2)3/h4,17H,1,5-16H2,2-3H3,(H,19,20). The van der Waals surface area contributed by atoms with E-state index in [4.69, 9.17) is 0 Å². The topological polar surface area (TPSA) is 29.1 Å². The van der Waals surface area contributed by atoms with Gasteiger partial charge in [-0.2, -0.15) is 0 Å². The Morgan fingerprint density at radius 1 is 0.900 bits per heavy atom. The van der Waals surface area contributed by atoms with Crippen LogP contribution in [0, 0.1) is 5.92 Å². The van der Waals surface area contributed by atoms with E-state index in [9.17, 15) is 4.79 Å². The zero-order valence-electron chi connectivity index (χ0n) is 13.8. The lowest BCUT2D eigenvalue weighted by atomic mass is 10.0. The van der Waals surface area contributed by atoms with Crippen molar-refractivity contribution < 1.29 is 4.79 Å². The largest absolute Gasteiger partial charge is 0.353 e. The molecule has 2 heteroatoms. The van der Waals surface area contributed by atoms with Gasteiger partial charge in [-0.25, -0.2) is 0 Å². The molecule has 0 heterocycles. The van der Waals surface area contributed by atoms with Gasteiger partial charge in [0, 0.05) is 6.54 Å². The van der Waals surface area contributed by atoms with Gasteiger partial charge < -0.3 is 5.32 Å². The van der Waals surface area contributed by atoms with Crippen LogP contribution in [-0.4, -0.2) is 12.5 Å². The summed E-state index contributed by atoms with van der Waals surface area (Å²) in [6, 6.07) is 0. The summed E-state index contributed by atoms with van der Waals surface area (Å²) in [7, 11) is 0. The smallest absolute Gasteiger partial charge is 0.243 e. The molecular weight excluding hydrogens is 246 g/mol. The first-order valence-electron chi connectivity index (χ1n) is 8.57. The quantitative estimate of drug-likeness (QED) is 0.342. The minimum Gasteiger partial charge on any atom is -0.353 e. The Hall–Kier alpha value is -0.790. The van der Waals surface area contributed by atoms with Crippen molar-refractivity contribution in [3.05, 3.63) is 12.7 Å². The van der Waals surface area contributed by atoms with E-state index < -0.39 is 0 Å². The van der Waals surface area contributed by atoms with Gasteiger partial charge in [0.05, 0.1) is 0 Å². The highest BCUT2D eigenvalue weighted by molar-refractivity contribution is 5.86. The van der Waals surface area contributed by atoms with Crippen molar-refractivity contribution in [3.8, 4) is 0 Å². The van der Waals surface area contributed by atoms with Gasteiger partial charge in [-0.1, -0.05) is 84.6 Å². The lowest BCUT2D eigenvalue weighted by Crippen LogP contribution is -2.21. The number of unbranched alkanes of at least 4 members (excludes halogenated alkanes) is 9. The fourth-order valence-corrected chi connectivity index (χ4v) is 2.38. The van der Waals surface area contributed by atoms with Crippen LogP contribution in [0.4, 0.5) is 0 Å². The first-order valence-corrected chi connectivity index (χ1v) is 8.57. The summed E-state index contributed by atoms with van der Waals surface area (Å²) in [5.74, 6) is 0.814. The summed E-state index contributed by atoms with van der Waals surface area (Å²) in [5.41, 5.74) is 0. The number of nitrogens with one attached hydrogen (secondary N) is 1. The van der Waals surface area contributed by atoms with E-state index in [1.165, 1.54) is 70.3 Å². The van der Waals surface area contributed by atoms with E-state index in [1.54, 1.807) is 0 Å². The van der Waals surface area contributed by atoms with Gasteiger partial charge in [-0.3, -0.25) is 4.79 Å². The summed E-state index contributed by atoms with van der Waals surface area (Å²) < 4.78 is 0. The average Bonchev–Trinajstić information content (AvgIpc) is 2.43. The van der Waals surface area contributed by atoms with Gasteiger partial charge >= 0.3 is 0 Å². The molecule has 2 nitrogen and oxygen atoms in total. The highest BCUT2D eigenvalue weighted by Gasteiger charge is 1.96. The van der Waals surface area contributed by atoms with Gasteiger partial charge in [0.2, 0.25) is 5.91 Å². The maximum atomic E-state index is 10.9. The molecule has 0 aliphatic carbocycles. The van der Waals surface area contributed by atoms with E-state index in [-0.39, 0.29) is 5.91 Å². The van der Waals surface area contributed by atoms with Crippen molar-refractivity contribution in [1.29, 1.82) is 0 Å². The van der Waals surface area contributed by atoms with Crippen molar-refractivity contribution in [2.75, 3.05) is 6.54 Å². The monoisotopic (exact) mass is 281 g/mol. The predicted octanol–water partition coefficient (Wildman–Crippen LogP) is 5.24. The zero-order chi connectivity index (χ0) is 15.1. The molecule has 0 radical (unpaired) electrons. The van der Waals surface area contributed by atoms with Crippen molar-refractivity contribution in [1.82, 2.24) is 5.32 Å². The second kappa shape index (κ2) is 14.6. The van der Waals surface area contributed by atoms with Crippen LogP contribution in [0.5, 0.6) is 0 Å². The third-order valence-electron chi connectivity index (χ3n) is 3.69. The molecule has 20 heavy (non-hydrogen) atoms. The summed E-state index contributed by atoms with van der Waals surface area (Å²) in [4.78, 5) is 10.9. The summed E-state index contributed by atoms with van der Waals surface area (Å²) in [6.45, 7) is 8.84. The van der Waals surface area contributed by atoms with Crippen LogP contribution in [-0.2, 0) is 4.79 Å². The highest BCUT2D eigenvalue weighted by atomic mass is 16.1. The number of hydrogen-bond acceptors (Lipinski definition) is 1. The molecule has 118 valence electrons. The Balaban J connectivity index is 3.03. The van der Waals surface area contributed by atoms with Crippen LogP contribution < -0.4 is 5.32 Å². The van der Waals surface area contributed by atoms with E-state index in [0.29, 0.717) is 0 Å². The lowest BCUT2D eigenvalue weighted by molar-refractivity contribution is -0.116. The Morgan fingerprint density at radius 3 is 1.80 bits per heavy atom. The number of rotatable bonds is 14. The fourth-order valence-electron chi connectivity index (χ4n) is 2.38. The van der Waals surface area contributed by atoms with Crippen molar-refractivity contribution in [3.63, 3.8) is 0 Å². The third kappa shape index (κ3) is 15.3. The lowest BCUT2D eigenvalue weighted by Gasteiger charge is -2.05. The maximum absolute atomic E-state index is 10.9. The van der Waals surface area contributed by atoms with E-state index in [2.05, 4.69) is 25.7 Å². The van der Waals surface area contributed by atoms with Crippen LogP contribution in [0.25, 0.3) is 0 Å². The molecule has 0 fully saturated rings. The molecule has 1 amide bonds. The Bertz CT molecular complexity index is 236. The molecule has 0 aliphatic heterocycles. The minimum atomic E-state index is -0.0533. The van der Waals surface area contributed by atoms with Crippen molar-refractivity contribution in [2.24, 2.45) is 5.92 Å². The Labute approximate surface area is 126 Å². The molecule has 0 aromatic rings. The van der Waals surface area contributed by atoms with Gasteiger partial charge in [0.15, 0.2) is 0 Å². The van der Waals surface area contributed by atoms with Crippen LogP contribution in [0.2, 0.25) is 0 Å². The molecule has 0 rings (SSSR count). The predicted molar refractivity (Wildman–Crippen MR) is 88.8 cm³/mol. The maximum Gasteiger partial charge on any atom is 0.243 e. The normalized spacial score (nSPS) is 10.8. The second-order valence-electron chi connectivity index (χ2n) is 6.21. The van der Waals surface area contributed by atoms with E-state index in [0.717, 1.165) is 18.9 Å². The van der Waals surface area contributed by atoms with Crippen molar-refractivity contribution >= 4 is 5.91 Å². The van der Waals surface area contributed by atoms with Crippen LogP contribution in [0.3, 0.4) is 0 Å². The first kappa shape index (κ1) is 19.2. The Morgan fingerprint density at radius 2 is 1.35 bits per heavy atom. The number of hydrogen-bond donors (Lipinski definition) is 1. The Kier molecular flexibility index (Phi) is 14.0. The summed E-state index contributed by atoms with van der Waals surface area (Å²) >= 11 is 0. The van der Waals surface area contributed by atoms with Gasteiger partial charge in [-0.05, 0) is 18.4 Å². The molecule has 0 bridgehead atoms. The molecule has 0 atom stereocenters. The molecular formula is C18H35NO. The molecule has 0 unspecified atom stereocenters. The molecule has 0 spiro atoms. The molecule has 0 aromatic carbocycles. The number of carbonyl (C=O) groups excluding carboxylic acids is 1. The van der Waals surface area contributed by atoms with Gasteiger partial charge in [0.1, 0.15) is 0 Å². The number of carbonyl (C=O) groups is 1. The molecule has 0 saturated carbocycles. The molecule has 0 aromatic heterocycles. The SMILES string of the molecule is C=CC(=O)NCCCCCCCCCCCCC(C)C. The minimum absolute atomic E-state index is 0.0533. The average molecular weight is 281 g/mol. The summed E-state index contributed by atoms with van der Waals surface area (Å²) in [5, 5.41) is 2.81. The second-order valence-corrected chi connectivity index (χ2v) is 6.21. The third-order valence-corrected chi connectivity index (χ3v) is 3.69. The molecule has 1 N–H and O–H groups in total. The zero-order valence-corrected chi connectivity index (χ0v) is 13.8. The summed E-state index contributed by atoms with van der Waals surface area (Å²) in [6.07, 6.45) is 16.1.